The Balaban J connectivity index is 0.00000225. The Bertz CT molecular complexity index is 201. The van der Waals surface area contributed by atoms with Gasteiger partial charge >= 0.3 is 0 Å². The molecule has 0 radical (unpaired) electrons. The van der Waals surface area contributed by atoms with E-state index in [-0.39, 0.29) is 18.3 Å². The van der Waals surface area contributed by atoms with Gasteiger partial charge < -0.3 is 19.7 Å². The molecule has 1 heterocycles. The molecule has 0 aromatic carbocycles. The van der Waals surface area contributed by atoms with Crippen LogP contribution in [0, 0.1) is 0 Å². The van der Waals surface area contributed by atoms with E-state index in [0.717, 1.165) is 13.1 Å². The minimum Gasteiger partial charge on any atom is -0.382 e. The van der Waals surface area contributed by atoms with Gasteiger partial charge in [0.1, 0.15) is 0 Å². The van der Waals surface area contributed by atoms with E-state index in [4.69, 9.17) is 9.47 Å². The second-order valence-corrected chi connectivity index (χ2v) is 3.67. The molecule has 0 aromatic heterocycles. The van der Waals surface area contributed by atoms with Crippen LogP contribution < -0.4 is 5.32 Å². The van der Waals surface area contributed by atoms with E-state index in [1.165, 1.54) is 0 Å². The number of methoxy groups -OCH3 is 1. The molecule has 1 aliphatic rings. The number of carbonyl (C=O) groups excluding carboxylic acids is 1. The molecule has 0 saturated carbocycles. The van der Waals surface area contributed by atoms with Crippen LogP contribution >= 0.6 is 12.4 Å². The van der Waals surface area contributed by atoms with Gasteiger partial charge in [0, 0.05) is 27.2 Å². The van der Waals surface area contributed by atoms with Crippen molar-refractivity contribution in [1.82, 2.24) is 10.2 Å². The molecule has 1 saturated heterocycles. The summed E-state index contributed by atoms with van der Waals surface area (Å²) in [7, 11) is 3.48. The van der Waals surface area contributed by atoms with Crippen LogP contribution in [-0.2, 0) is 14.3 Å². The summed E-state index contributed by atoms with van der Waals surface area (Å²) in [6.07, 6.45) is 0.455. The number of halogens is 1. The highest BCUT2D eigenvalue weighted by Crippen LogP contribution is 2.03. The molecule has 0 spiro atoms. The van der Waals surface area contributed by atoms with Crippen LogP contribution in [0.25, 0.3) is 0 Å². The van der Waals surface area contributed by atoms with Gasteiger partial charge in [-0.05, 0) is 0 Å². The van der Waals surface area contributed by atoms with Crippen molar-refractivity contribution < 1.29 is 14.3 Å². The van der Waals surface area contributed by atoms with Crippen LogP contribution in [0.5, 0.6) is 0 Å². The first-order valence-electron chi connectivity index (χ1n) is 5.28. The molecule has 5 nitrogen and oxygen atoms in total. The third-order valence-electron chi connectivity index (χ3n) is 2.59. The number of carbonyl (C=O) groups is 1. The zero-order valence-electron chi connectivity index (χ0n) is 9.90. The summed E-state index contributed by atoms with van der Waals surface area (Å²) in [5.41, 5.74) is 0. The maximum absolute atomic E-state index is 11.6. The first-order valence-corrected chi connectivity index (χ1v) is 5.28. The van der Waals surface area contributed by atoms with Crippen LogP contribution in [0.3, 0.4) is 0 Å². The van der Waals surface area contributed by atoms with Crippen LogP contribution in [0.1, 0.15) is 6.42 Å². The Morgan fingerprint density at radius 1 is 1.38 bits per heavy atom. The van der Waals surface area contributed by atoms with Gasteiger partial charge in [0.05, 0.1) is 32.3 Å². The van der Waals surface area contributed by atoms with Gasteiger partial charge in [-0.2, -0.15) is 0 Å². The lowest BCUT2D eigenvalue weighted by Crippen LogP contribution is -2.57. The smallest absolute Gasteiger partial charge is 0.224 e. The maximum Gasteiger partial charge on any atom is 0.224 e. The van der Waals surface area contributed by atoms with Crippen molar-refractivity contribution in [3.63, 3.8) is 0 Å². The van der Waals surface area contributed by atoms with Gasteiger partial charge in [0.25, 0.3) is 0 Å². The van der Waals surface area contributed by atoms with Crippen molar-refractivity contribution in [3.8, 4) is 0 Å². The Morgan fingerprint density at radius 2 is 2.06 bits per heavy atom. The molecule has 16 heavy (non-hydrogen) atoms. The molecule has 0 unspecified atom stereocenters. The third kappa shape index (κ3) is 5.12. The van der Waals surface area contributed by atoms with Gasteiger partial charge in [0.15, 0.2) is 0 Å². The lowest BCUT2D eigenvalue weighted by Gasteiger charge is -2.35. The van der Waals surface area contributed by atoms with E-state index in [9.17, 15) is 4.79 Å². The van der Waals surface area contributed by atoms with Gasteiger partial charge in [0.2, 0.25) is 5.91 Å². The Kier molecular flexibility index (Phi) is 8.56. The maximum atomic E-state index is 11.6. The van der Waals surface area contributed by atoms with Crippen molar-refractivity contribution in [2.24, 2.45) is 0 Å². The Hall–Kier alpha value is -0.360. The average Bonchev–Trinajstić information content (AvgIpc) is 2.14. The topological polar surface area (TPSA) is 50.8 Å². The van der Waals surface area contributed by atoms with E-state index in [1.807, 2.05) is 7.05 Å². The predicted molar refractivity (Wildman–Crippen MR) is 64.0 cm³/mol. The van der Waals surface area contributed by atoms with E-state index >= 15 is 0 Å². The third-order valence-corrected chi connectivity index (χ3v) is 2.59. The summed E-state index contributed by atoms with van der Waals surface area (Å²) < 4.78 is 10.1. The molecular formula is C10H21ClN2O3. The molecule has 96 valence electrons. The fraction of sp³-hybridized carbons (Fsp3) is 0.900. The number of hydrogen-bond donors (Lipinski definition) is 1. The monoisotopic (exact) mass is 252 g/mol. The molecule has 1 aliphatic heterocycles. The Labute approximate surface area is 103 Å². The molecule has 1 amide bonds. The summed E-state index contributed by atoms with van der Waals surface area (Å²) in [4.78, 5) is 13.4. The fourth-order valence-electron chi connectivity index (χ4n) is 1.33. The summed E-state index contributed by atoms with van der Waals surface area (Å²) in [5.74, 6) is 0.152. The first kappa shape index (κ1) is 15.6. The highest BCUT2D eigenvalue weighted by molar-refractivity contribution is 5.85. The summed E-state index contributed by atoms with van der Waals surface area (Å²) in [6.45, 7) is 3.43. The van der Waals surface area contributed by atoms with Crippen molar-refractivity contribution in [3.05, 3.63) is 0 Å². The number of ether oxygens (including phenoxy) is 2. The lowest BCUT2D eigenvalue weighted by atomic mass is 10.1. The Morgan fingerprint density at radius 3 is 2.56 bits per heavy atom. The summed E-state index contributed by atoms with van der Waals surface area (Å²) in [6, 6.07) is 0.372. The highest BCUT2D eigenvalue weighted by atomic mass is 35.5. The molecule has 0 bridgehead atoms. The molecule has 1 rings (SSSR count). The second kappa shape index (κ2) is 8.75. The van der Waals surface area contributed by atoms with E-state index < -0.39 is 0 Å². The van der Waals surface area contributed by atoms with Gasteiger partial charge in [-0.25, -0.2) is 0 Å². The molecular weight excluding hydrogens is 232 g/mol. The van der Waals surface area contributed by atoms with Gasteiger partial charge in [-0.1, -0.05) is 0 Å². The molecule has 0 aliphatic carbocycles. The molecule has 0 aromatic rings. The SMILES string of the molecule is COCCOCCC(=O)N(C)C1CNC1.Cl. The lowest BCUT2D eigenvalue weighted by molar-refractivity contribution is -0.134. The minimum absolute atomic E-state index is 0. The fourth-order valence-corrected chi connectivity index (χ4v) is 1.33. The number of nitrogens with one attached hydrogen (secondary N) is 1. The normalized spacial score (nSPS) is 15.1. The zero-order valence-corrected chi connectivity index (χ0v) is 10.7. The average molecular weight is 253 g/mol. The van der Waals surface area contributed by atoms with Crippen LogP contribution in [-0.4, -0.2) is 63.9 Å². The predicted octanol–water partition coefficient (Wildman–Crippen LogP) is -0.108. The van der Waals surface area contributed by atoms with Gasteiger partial charge in [-0.3, -0.25) is 4.79 Å². The summed E-state index contributed by atoms with van der Waals surface area (Å²) in [5, 5.41) is 3.14. The van der Waals surface area contributed by atoms with Crippen LogP contribution in [0.4, 0.5) is 0 Å². The number of likely N-dealkylation sites (N-methyl/N-ethyl adjacent to an activating group) is 1. The van der Waals surface area contributed by atoms with E-state index in [2.05, 4.69) is 5.32 Å². The highest BCUT2D eigenvalue weighted by Gasteiger charge is 2.24. The number of hydrogen-bond acceptors (Lipinski definition) is 4. The van der Waals surface area contributed by atoms with Crippen LogP contribution in [0.2, 0.25) is 0 Å². The molecule has 1 fully saturated rings. The largest absolute Gasteiger partial charge is 0.382 e. The van der Waals surface area contributed by atoms with E-state index in [0.29, 0.717) is 32.3 Å². The van der Waals surface area contributed by atoms with Crippen LogP contribution in [0.15, 0.2) is 0 Å². The van der Waals surface area contributed by atoms with E-state index in [1.54, 1.807) is 12.0 Å². The van der Waals surface area contributed by atoms with Crippen molar-refractivity contribution in [2.75, 3.05) is 47.1 Å². The number of amides is 1. The quantitative estimate of drug-likeness (QED) is 0.643. The zero-order chi connectivity index (χ0) is 11.1. The first-order chi connectivity index (χ1) is 7.25. The van der Waals surface area contributed by atoms with Crippen molar-refractivity contribution >= 4 is 18.3 Å². The number of nitrogens with zero attached hydrogens (tertiary/aromatic N) is 1. The molecule has 6 heteroatoms. The van der Waals surface area contributed by atoms with Gasteiger partial charge in [-0.15, -0.1) is 12.4 Å². The second-order valence-electron chi connectivity index (χ2n) is 3.67. The minimum atomic E-state index is 0. The summed E-state index contributed by atoms with van der Waals surface area (Å²) >= 11 is 0. The number of rotatable bonds is 7. The standard InChI is InChI=1S/C10H20N2O3.ClH/c1-12(9-7-11-8-9)10(13)3-4-15-6-5-14-2;/h9,11H,3-8H2,1-2H3;1H. The van der Waals surface area contributed by atoms with Crippen molar-refractivity contribution in [2.45, 2.75) is 12.5 Å². The van der Waals surface area contributed by atoms with Crippen molar-refractivity contribution in [1.29, 1.82) is 0 Å². The molecule has 1 N–H and O–H groups in total. The molecule has 0 atom stereocenters.